The summed E-state index contributed by atoms with van der Waals surface area (Å²) in [4.78, 5) is 53.7. The largest absolute Gasteiger partial charge is 0.481 e. The molecule has 1 aliphatic rings. The van der Waals surface area contributed by atoms with E-state index in [1.807, 2.05) is 48.5 Å². The van der Waals surface area contributed by atoms with Gasteiger partial charge in [-0.3, -0.25) is 14.4 Å². The average Bonchev–Trinajstić information content (AvgIpc) is 3.17. The third-order valence-corrected chi connectivity index (χ3v) is 5.57. The Hall–Kier alpha value is -4.45. The molecule has 37 heavy (non-hydrogen) atoms. The molecule has 0 unspecified atom stereocenters. The van der Waals surface area contributed by atoms with Crippen molar-refractivity contribution >= 4 is 30.0 Å². The van der Waals surface area contributed by atoms with Crippen LogP contribution in [0.2, 0.25) is 0 Å². The smallest absolute Gasteiger partial charge is 0.407 e. The molecule has 7 N–H and O–H groups in total. The third kappa shape index (κ3) is 8.61. The van der Waals surface area contributed by atoms with Crippen LogP contribution in [-0.4, -0.2) is 69.1 Å². The molecule has 0 aliphatic heterocycles. The van der Waals surface area contributed by atoms with Crippen LogP contribution in [0.3, 0.4) is 0 Å². The average molecular weight is 517 g/mol. The molecule has 0 bridgehead atoms. The van der Waals surface area contributed by atoms with Crippen molar-refractivity contribution < 1.29 is 49.1 Å². The van der Waals surface area contributed by atoms with Gasteiger partial charge in [0.1, 0.15) is 18.7 Å². The third-order valence-electron chi connectivity index (χ3n) is 5.57. The van der Waals surface area contributed by atoms with E-state index < -0.39 is 42.1 Å². The van der Waals surface area contributed by atoms with Crippen molar-refractivity contribution in [1.82, 2.24) is 5.32 Å². The van der Waals surface area contributed by atoms with Gasteiger partial charge in [0.2, 0.25) is 0 Å². The van der Waals surface area contributed by atoms with Gasteiger partial charge in [-0.25, -0.2) is 9.59 Å². The van der Waals surface area contributed by atoms with E-state index in [2.05, 4.69) is 5.32 Å². The Morgan fingerprint density at radius 1 is 0.784 bits per heavy atom. The lowest BCUT2D eigenvalue weighted by Crippen LogP contribution is -2.41. The number of carbonyl (C=O) groups is 5. The first-order valence-electron chi connectivity index (χ1n) is 11.3. The Morgan fingerprint density at radius 2 is 1.27 bits per heavy atom. The van der Waals surface area contributed by atoms with Crippen LogP contribution in [0.5, 0.6) is 0 Å². The Kier molecular flexibility index (Phi) is 10.6. The van der Waals surface area contributed by atoms with E-state index in [-0.39, 0.29) is 38.2 Å². The predicted molar refractivity (Wildman–Crippen MR) is 129 cm³/mol. The number of alkyl carbamates (subject to hydrolysis) is 1. The minimum Gasteiger partial charge on any atom is -0.481 e. The van der Waals surface area contributed by atoms with E-state index in [4.69, 9.17) is 30.9 Å². The van der Waals surface area contributed by atoms with Gasteiger partial charge in [0.25, 0.3) is 0 Å². The maximum absolute atomic E-state index is 12.0. The molecule has 2 aromatic carbocycles. The molecule has 0 heterocycles. The Balaban J connectivity index is 0.000000410. The van der Waals surface area contributed by atoms with Crippen molar-refractivity contribution in [3.63, 3.8) is 0 Å². The number of carboxylic acid groups (broad SMARTS) is 4. The summed E-state index contributed by atoms with van der Waals surface area (Å²) in [5.41, 5.74) is 9.28. The van der Waals surface area contributed by atoms with Gasteiger partial charge in [0.15, 0.2) is 0 Å². The van der Waals surface area contributed by atoms with Gasteiger partial charge in [-0.2, -0.15) is 0 Å². The Morgan fingerprint density at radius 3 is 1.73 bits per heavy atom. The molecule has 12 heteroatoms. The highest BCUT2D eigenvalue weighted by atomic mass is 16.5. The zero-order valence-corrected chi connectivity index (χ0v) is 19.7. The highest BCUT2D eigenvalue weighted by Crippen LogP contribution is 2.44. The second-order valence-electron chi connectivity index (χ2n) is 8.17. The van der Waals surface area contributed by atoms with Crippen LogP contribution in [0.4, 0.5) is 4.79 Å². The first-order valence-corrected chi connectivity index (χ1v) is 11.3. The number of amides is 1. The van der Waals surface area contributed by atoms with Crippen LogP contribution in [0, 0.1) is 0 Å². The second-order valence-corrected chi connectivity index (χ2v) is 8.17. The normalized spacial score (nSPS) is 13.1. The number of aliphatic carboxylic acids is 4. The van der Waals surface area contributed by atoms with Crippen molar-refractivity contribution in [2.45, 2.75) is 43.7 Å². The SMILES string of the molecule is N[C@@H](CCC(=O)O)C(=O)O.O=C(O)CC[C@H](NC(=O)OCC1c2ccccc2-c2ccccc21)C(=O)O. The topological polar surface area (TPSA) is 214 Å². The predicted octanol–water partition coefficient (Wildman–Crippen LogP) is 2.11. The molecule has 0 saturated heterocycles. The zero-order valence-electron chi connectivity index (χ0n) is 19.7. The van der Waals surface area contributed by atoms with E-state index in [1.54, 1.807) is 0 Å². The number of hydrogen-bond acceptors (Lipinski definition) is 7. The van der Waals surface area contributed by atoms with Crippen LogP contribution in [0.1, 0.15) is 42.7 Å². The van der Waals surface area contributed by atoms with E-state index >= 15 is 0 Å². The first-order chi connectivity index (χ1) is 17.5. The molecule has 0 saturated carbocycles. The minimum atomic E-state index is -1.31. The number of fused-ring (bicyclic) bond motifs is 3. The summed E-state index contributed by atoms with van der Waals surface area (Å²) in [5.74, 6) is -4.76. The number of nitrogens with one attached hydrogen (secondary N) is 1. The quantitative estimate of drug-likeness (QED) is 0.254. The van der Waals surface area contributed by atoms with E-state index in [1.165, 1.54) is 0 Å². The highest BCUT2D eigenvalue weighted by molar-refractivity contribution is 5.81. The maximum atomic E-state index is 12.0. The number of hydrogen-bond donors (Lipinski definition) is 6. The summed E-state index contributed by atoms with van der Waals surface area (Å²) < 4.78 is 5.27. The molecule has 2 atom stereocenters. The fraction of sp³-hybridized carbons (Fsp3) is 0.320. The molecule has 3 rings (SSSR count). The van der Waals surface area contributed by atoms with Crippen molar-refractivity contribution in [2.24, 2.45) is 5.73 Å². The molecular formula is C25H28N2O10. The van der Waals surface area contributed by atoms with Gasteiger partial charge in [0, 0.05) is 18.8 Å². The number of nitrogens with two attached hydrogens (primary N) is 1. The van der Waals surface area contributed by atoms with Gasteiger partial charge >= 0.3 is 30.0 Å². The number of carbonyl (C=O) groups excluding carboxylic acids is 1. The zero-order chi connectivity index (χ0) is 27.5. The lowest BCUT2D eigenvalue weighted by molar-refractivity contribution is -0.142. The molecule has 1 aliphatic carbocycles. The summed E-state index contributed by atoms with van der Waals surface area (Å²) in [6.45, 7) is 0.0606. The molecule has 0 aromatic heterocycles. The van der Waals surface area contributed by atoms with Crippen LogP contribution < -0.4 is 11.1 Å². The van der Waals surface area contributed by atoms with Crippen LogP contribution in [0.15, 0.2) is 48.5 Å². The van der Waals surface area contributed by atoms with Crippen molar-refractivity contribution in [3.8, 4) is 11.1 Å². The number of ether oxygens (including phenoxy) is 1. The molecule has 0 fully saturated rings. The van der Waals surface area contributed by atoms with E-state index in [9.17, 15) is 24.0 Å². The lowest BCUT2D eigenvalue weighted by atomic mass is 9.98. The fourth-order valence-electron chi connectivity index (χ4n) is 3.71. The second kappa shape index (κ2) is 13.6. The molecule has 2 aromatic rings. The number of rotatable bonds is 11. The number of benzene rings is 2. The number of carboxylic acids is 4. The summed E-state index contributed by atoms with van der Waals surface area (Å²) in [5, 5.41) is 36.3. The summed E-state index contributed by atoms with van der Waals surface area (Å²) >= 11 is 0. The van der Waals surface area contributed by atoms with Crippen LogP contribution >= 0.6 is 0 Å². The monoisotopic (exact) mass is 516 g/mol. The van der Waals surface area contributed by atoms with Crippen molar-refractivity contribution in [3.05, 3.63) is 59.7 Å². The summed E-state index contributed by atoms with van der Waals surface area (Å²) in [7, 11) is 0. The molecule has 0 spiro atoms. The van der Waals surface area contributed by atoms with Crippen molar-refractivity contribution in [2.75, 3.05) is 6.61 Å². The van der Waals surface area contributed by atoms with Gasteiger partial charge in [-0.15, -0.1) is 0 Å². The Bertz CT molecular complexity index is 1100. The van der Waals surface area contributed by atoms with E-state index in [0.717, 1.165) is 22.3 Å². The Labute approximate surface area is 211 Å². The maximum Gasteiger partial charge on any atom is 0.407 e. The molecule has 0 radical (unpaired) electrons. The van der Waals surface area contributed by atoms with Gasteiger partial charge < -0.3 is 36.2 Å². The highest BCUT2D eigenvalue weighted by Gasteiger charge is 2.29. The summed E-state index contributed by atoms with van der Waals surface area (Å²) in [6.07, 6.45) is -1.68. The first kappa shape index (κ1) is 28.8. The van der Waals surface area contributed by atoms with Gasteiger partial charge in [-0.05, 0) is 35.1 Å². The van der Waals surface area contributed by atoms with E-state index in [0.29, 0.717) is 0 Å². The van der Waals surface area contributed by atoms with Crippen molar-refractivity contribution in [1.29, 1.82) is 0 Å². The molecule has 198 valence electrons. The van der Waals surface area contributed by atoms with Crippen LogP contribution in [-0.2, 0) is 23.9 Å². The van der Waals surface area contributed by atoms with Gasteiger partial charge in [-0.1, -0.05) is 48.5 Å². The fourth-order valence-corrected chi connectivity index (χ4v) is 3.71. The minimum absolute atomic E-state index is 0.0231. The molecule has 12 nitrogen and oxygen atoms in total. The molecular weight excluding hydrogens is 488 g/mol. The lowest BCUT2D eigenvalue weighted by Gasteiger charge is -2.17. The van der Waals surface area contributed by atoms with Crippen LogP contribution in [0.25, 0.3) is 11.1 Å². The summed E-state index contributed by atoms with van der Waals surface area (Å²) in [6, 6.07) is 13.4. The van der Waals surface area contributed by atoms with Gasteiger partial charge in [0.05, 0.1) is 0 Å². The standard InChI is InChI=1S/C20H19NO6.C5H9NO4/c22-18(23)10-9-17(19(24)25)21-20(26)27-11-16-14-7-3-1-5-12(14)13-6-2-4-8-15(13)16;6-3(5(9)10)1-2-4(7)8/h1-8,16-17H,9-11H2,(H,21,26)(H,22,23)(H,24,25);3H,1-2,6H2,(H,7,8)(H,9,10)/t17-;3-/m00/s1. The molecule has 1 amide bonds.